The summed E-state index contributed by atoms with van der Waals surface area (Å²) in [6.45, 7) is 4.66. The number of likely N-dealkylation sites (tertiary alicyclic amines) is 1. The Morgan fingerprint density at radius 1 is 1.07 bits per heavy atom. The number of hydrogen-bond donors (Lipinski definition) is 1. The molecule has 1 atom stereocenters. The number of aliphatic hydroxyl groups excluding tert-OH is 1. The standard InChI is InChI=1S/C24H27NO5/c1-15-6-8-17(9-7-15)21-20(23(27)24(28)25(21)12-5-13-29-3)22(26)18-10-11-19(30-4)16(2)14-18/h6-11,14,21,26H,5,12-13H2,1-4H3/b22-20+/t21-/m1/s1. The zero-order valence-corrected chi connectivity index (χ0v) is 17.8. The molecule has 30 heavy (non-hydrogen) atoms. The van der Waals surface area contributed by atoms with Crippen molar-refractivity contribution < 1.29 is 24.2 Å². The highest BCUT2D eigenvalue weighted by molar-refractivity contribution is 6.46. The smallest absolute Gasteiger partial charge is 0.295 e. The number of amides is 1. The third-order valence-corrected chi connectivity index (χ3v) is 5.35. The lowest BCUT2D eigenvalue weighted by atomic mass is 9.94. The third kappa shape index (κ3) is 4.09. The summed E-state index contributed by atoms with van der Waals surface area (Å²) in [4.78, 5) is 27.3. The number of ketones is 1. The summed E-state index contributed by atoms with van der Waals surface area (Å²) in [7, 11) is 3.17. The van der Waals surface area contributed by atoms with Crippen molar-refractivity contribution in [2.45, 2.75) is 26.3 Å². The van der Waals surface area contributed by atoms with Gasteiger partial charge in [0.1, 0.15) is 11.5 Å². The number of aliphatic hydroxyl groups is 1. The van der Waals surface area contributed by atoms with E-state index < -0.39 is 17.7 Å². The number of carbonyl (C=O) groups is 2. The molecular weight excluding hydrogens is 382 g/mol. The fourth-order valence-electron chi connectivity index (χ4n) is 3.77. The summed E-state index contributed by atoms with van der Waals surface area (Å²) in [5.41, 5.74) is 3.25. The number of rotatable bonds is 7. The average Bonchev–Trinajstić information content (AvgIpc) is 2.99. The van der Waals surface area contributed by atoms with E-state index in [0.29, 0.717) is 30.9 Å². The molecule has 0 bridgehead atoms. The van der Waals surface area contributed by atoms with Crippen molar-refractivity contribution in [3.8, 4) is 5.75 Å². The second-order valence-electron chi connectivity index (χ2n) is 7.43. The molecule has 1 aliphatic rings. The third-order valence-electron chi connectivity index (χ3n) is 5.35. The van der Waals surface area contributed by atoms with Crippen molar-refractivity contribution in [3.63, 3.8) is 0 Å². The fourth-order valence-corrected chi connectivity index (χ4v) is 3.77. The number of Topliss-reactive ketones (excluding diaryl/α,β-unsaturated/α-hetero) is 1. The summed E-state index contributed by atoms with van der Waals surface area (Å²) in [6.07, 6.45) is 0.591. The zero-order chi connectivity index (χ0) is 21.8. The van der Waals surface area contributed by atoms with E-state index in [1.807, 2.05) is 38.1 Å². The molecule has 0 spiro atoms. The largest absolute Gasteiger partial charge is 0.507 e. The molecule has 2 aromatic rings. The summed E-state index contributed by atoms with van der Waals surface area (Å²) in [5.74, 6) is -0.784. The first-order valence-corrected chi connectivity index (χ1v) is 9.88. The minimum atomic E-state index is -0.677. The van der Waals surface area contributed by atoms with Crippen LogP contribution in [0, 0.1) is 13.8 Å². The normalized spacial score (nSPS) is 18.1. The van der Waals surface area contributed by atoms with Crippen LogP contribution in [0.3, 0.4) is 0 Å². The predicted octanol–water partition coefficient (Wildman–Crippen LogP) is 3.77. The van der Waals surface area contributed by atoms with E-state index >= 15 is 0 Å². The van der Waals surface area contributed by atoms with Crippen LogP contribution in [0.4, 0.5) is 0 Å². The van der Waals surface area contributed by atoms with Crippen molar-refractivity contribution in [2.24, 2.45) is 0 Å². The molecule has 1 aliphatic heterocycles. The van der Waals surface area contributed by atoms with Gasteiger partial charge < -0.3 is 19.5 Å². The molecule has 6 nitrogen and oxygen atoms in total. The number of benzene rings is 2. The Balaban J connectivity index is 2.12. The van der Waals surface area contributed by atoms with Crippen LogP contribution in [0.15, 0.2) is 48.0 Å². The summed E-state index contributed by atoms with van der Waals surface area (Å²) in [5, 5.41) is 11.1. The number of nitrogens with zero attached hydrogens (tertiary/aromatic N) is 1. The number of carbonyl (C=O) groups excluding carboxylic acids is 2. The van der Waals surface area contributed by atoms with Crippen molar-refractivity contribution in [1.82, 2.24) is 4.90 Å². The monoisotopic (exact) mass is 409 g/mol. The Bertz CT molecular complexity index is 978. The first-order chi connectivity index (χ1) is 14.4. The van der Waals surface area contributed by atoms with Crippen LogP contribution >= 0.6 is 0 Å². The molecule has 1 fully saturated rings. The average molecular weight is 409 g/mol. The van der Waals surface area contributed by atoms with Crippen LogP contribution in [-0.2, 0) is 14.3 Å². The molecule has 1 saturated heterocycles. The van der Waals surface area contributed by atoms with E-state index in [1.165, 1.54) is 4.90 Å². The summed E-state index contributed by atoms with van der Waals surface area (Å²) >= 11 is 0. The Hall–Kier alpha value is -3.12. The van der Waals surface area contributed by atoms with Gasteiger partial charge in [0.05, 0.1) is 18.7 Å². The minimum absolute atomic E-state index is 0.103. The molecule has 0 aliphatic carbocycles. The lowest BCUT2D eigenvalue weighted by Gasteiger charge is -2.25. The van der Waals surface area contributed by atoms with Gasteiger partial charge in [-0.1, -0.05) is 29.8 Å². The maximum atomic E-state index is 13.0. The fraction of sp³-hybridized carbons (Fsp3) is 0.333. The Kier molecular flexibility index (Phi) is 6.57. The molecule has 3 rings (SSSR count). The van der Waals surface area contributed by atoms with E-state index in [-0.39, 0.29) is 11.3 Å². The lowest BCUT2D eigenvalue weighted by molar-refractivity contribution is -0.140. The van der Waals surface area contributed by atoms with Gasteiger partial charge in [0.25, 0.3) is 11.7 Å². The maximum Gasteiger partial charge on any atom is 0.295 e. The molecular formula is C24H27NO5. The van der Waals surface area contributed by atoms with Gasteiger partial charge >= 0.3 is 0 Å². The maximum absolute atomic E-state index is 13.0. The molecule has 0 saturated carbocycles. The van der Waals surface area contributed by atoms with Crippen LogP contribution < -0.4 is 4.74 Å². The van der Waals surface area contributed by atoms with Crippen LogP contribution in [-0.4, -0.2) is 49.1 Å². The molecule has 1 heterocycles. The Labute approximate surface area is 176 Å². The Morgan fingerprint density at radius 3 is 2.37 bits per heavy atom. The second kappa shape index (κ2) is 9.13. The van der Waals surface area contributed by atoms with Crippen molar-refractivity contribution >= 4 is 17.4 Å². The highest BCUT2D eigenvalue weighted by atomic mass is 16.5. The summed E-state index contributed by atoms with van der Waals surface area (Å²) in [6, 6.07) is 12.2. The SMILES string of the molecule is COCCCN1C(=O)C(=O)/C(=C(/O)c2ccc(OC)c(C)c2)[C@H]1c1ccc(C)cc1. The number of aryl methyl sites for hydroxylation is 2. The predicted molar refractivity (Wildman–Crippen MR) is 114 cm³/mol. The van der Waals surface area contributed by atoms with Crippen LogP contribution in [0.1, 0.15) is 34.7 Å². The molecule has 0 aromatic heterocycles. The van der Waals surface area contributed by atoms with Gasteiger partial charge in [-0.25, -0.2) is 0 Å². The van der Waals surface area contributed by atoms with Crippen molar-refractivity contribution in [2.75, 3.05) is 27.4 Å². The Morgan fingerprint density at radius 2 is 1.77 bits per heavy atom. The van der Waals surface area contributed by atoms with Gasteiger partial charge in [0, 0.05) is 25.8 Å². The van der Waals surface area contributed by atoms with Gasteiger partial charge in [-0.2, -0.15) is 0 Å². The summed E-state index contributed by atoms with van der Waals surface area (Å²) < 4.78 is 10.4. The van der Waals surface area contributed by atoms with Crippen LogP contribution in [0.5, 0.6) is 5.75 Å². The number of methoxy groups -OCH3 is 2. The topological polar surface area (TPSA) is 76.1 Å². The van der Waals surface area contributed by atoms with Gasteiger partial charge in [0.15, 0.2) is 0 Å². The molecule has 1 N–H and O–H groups in total. The van der Waals surface area contributed by atoms with Crippen LogP contribution in [0.25, 0.3) is 5.76 Å². The molecule has 6 heteroatoms. The molecule has 0 radical (unpaired) electrons. The van der Waals surface area contributed by atoms with Gasteiger partial charge in [0.2, 0.25) is 0 Å². The van der Waals surface area contributed by atoms with Gasteiger partial charge in [-0.3, -0.25) is 9.59 Å². The van der Waals surface area contributed by atoms with Gasteiger partial charge in [-0.15, -0.1) is 0 Å². The molecule has 2 aromatic carbocycles. The quantitative estimate of drug-likeness (QED) is 0.326. The lowest BCUT2D eigenvalue weighted by Crippen LogP contribution is -2.31. The van der Waals surface area contributed by atoms with Gasteiger partial charge in [-0.05, 0) is 49.6 Å². The first kappa shape index (κ1) is 21.6. The van der Waals surface area contributed by atoms with Crippen molar-refractivity contribution in [3.05, 3.63) is 70.3 Å². The highest BCUT2D eigenvalue weighted by Gasteiger charge is 2.45. The van der Waals surface area contributed by atoms with E-state index in [9.17, 15) is 14.7 Å². The minimum Gasteiger partial charge on any atom is -0.507 e. The first-order valence-electron chi connectivity index (χ1n) is 9.88. The molecule has 0 unspecified atom stereocenters. The van der Waals surface area contributed by atoms with Crippen molar-refractivity contribution in [1.29, 1.82) is 0 Å². The van der Waals surface area contributed by atoms with E-state index in [1.54, 1.807) is 32.4 Å². The highest BCUT2D eigenvalue weighted by Crippen LogP contribution is 2.40. The van der Waals surface area contributed by atoms with E-state index in [4.69, 9.17) is 9.47 Å². The van der Waals surface area contributed by atoms with E-state index in [0.717, 1.165) is 16.7 Å². The van der Waals surface area contributed by atoms with Crippen LogP contribution in [0.2, 0.25) is 0 Å². The second-order valence-corrected chi connectivity index (χ2v) is 7.43. The number of hydrogen-bond acceptors (Lipinski definition) is 5. The van der Waals surface area contributed by atoms with E-state index in [2.05, 4.69) is 0 Å². The molecule has 158 valence electrons. The molecule has 1 amide bonds. The zero-order valence-electron chi connectivity index (χ0n) is 17.8. The number of ether oxygens (including phenoxy) is 2.